The molecule has 0 aliphatic carbocycles. The number of carbonyl (C=O) groups is 1. The molecule has 0 radical (unpaired) electrons. The molecule has 16 heavy (non-hydrogen) atoms. The summed E-state index contributed by atoms with van der Waals surface area (Å²) < 4.78 is 5.10. The van der Waals surface area contributed by atoms with Gasteiger partial charge in [0.1, 0.15) is 11.8 Å². The molecule has 1 saturated heterocycles. The van der Waals surface area contributed by atoms with Gasteiger partial charge in [-0.05, 0) is 6.92 Å². The second kappa shape index (κ2) is 4.63. The van der Waals surface area contributed by atoms with Gasteiger partial charge in [-0.1, -0.05) is 0 Å². The number of oxazole rings is 1. The van der Waals surface area contributed by atoms with Crippen molar-refractivity contribution in [1.29, 1.82) is 0 Å². The van der Waals surface area contributed by atoms with Crippen LogP contribution < -0.4 is 5.32 Å². The van der Waals surface area contributed by atoms with Crippen LogP contribution in [-0.4, -0.2) is 46.6 Å². The molecular formula is C10H15N3O3. The Bertz CT molecular complexity index is 377. The number of hydrogen-bond acceptors (Lipinski definition) is 5. The molecule has 0 amide bonds. The van der Waals surface area contributed by atoms with Crippen LogP contribution in [-0.2, 0) is 11.3 Å². The van der Waals surface area contributed by atoms with E-state index in [4.69, 9.17) is 9.52 Å². The number of nitrogens with zero attached hydrogens (tertiary/aromatic N) is 2. The van der Waals surface area contributed by atoms with E-state index in [9.17, 15) is 4.79 Å². The Balaban J connectivity index is 2.07. The van der Waals surface area contributed by atoms with Gasteiger partial charge < -0.3 is 14.8 Å². The van der Waals surface area contributed by atoms with Gasteiger partial charge in [0, 0.05) is 26.2 Å². The molecule has 0 spiro atoms. The molecule has 6 heteroatoms. The van der Waals surface area contributed by atoms with Gasteiger partial charge in [-0.25, -0.2) is 4.98 Å². The molecule has 1 atom stereocenters. The van der Waals surface area contributed by atoms with Gasteiger partial charge in [0.05, 0.1) is 5.69 Å². The van der Waals surface area contributed by atoms with Gasteiger partial charge in [0.2, 0.25) is 0 Å². The number of rotatable bonds is 3. The number of nitrogens with one attached hydrogen (secondary N) is 1. The average molecular weight is 225 g/mol. The Labute approximate surface area is 93.3 Å². The lowest BCUT2D eigenvalue weighted by atomic mass is 10.2. The van der Waals surface area contributed by atoms with Crippen LogP contribution in [0.1, 0.15) is 11.5 Å². The maximum absolute atomic E-state index is 11.1. The molecule has 1 aromatic rings. The minimum Gasteiger partial charge on any atom is -0.480 e. The van der Waals surface area contributed by atoms with Gasteiger partial charge in [0.25, 0.3) is 0 Å². The highest BCUT2D eigenvalue weighted by Gasteiger charge is 2.29. The summed E-state index contributed by atoms with van der Waals surface area (Å²) in [6, 6.07) is -0.482. The lowest BCUT2D eigenvalue weighted by Gasteiger charge is -2.32. The number of carboxylic acid groups (broad SMARTS) is 1. The summed E-state index contributed by atoms with van der Waals surface area (Å²) in [5.74, 6) is -0.0454. The van der Waals surface area contributed by atoms with E-state index < -0.39 is 12.0 Å². The molecule has 1 aromatic heterocycles. The third-order valence-electron chi connectivity index (χ3n) is 2.84. The molecule has 2 rings (SSSR count). The van der Waals surface area contributed by atoms with E-state index in [-0.39, 0.29) is 0 Å². The van der Waals surface area contributed by atoms with Crippen molar-refractivity contribution in [1.82, 2.24) is 15.2 Å². The second-order valence-electron chi connectivity index (χ2n) is 3.88. The predicted molar refractivity (Wildman–Crippen MR) is 55.9 cm³/mol. The predicted octanol–water partition coefficient (Wildman–Crippen LogP) is -0.159. The summed E-state index contributed by atoms with van der Waals surface area (Å²) in [6.07, 6.45) is 1.39. The van der Waals surface area contributed by atoms with Crippen LogP contribution in [0.2, 0.25) is 0 Å². The lowest BCUT2D eigenvalue weighted by Crippen LogP contribution is -2.54. The molecule has 1 unspecified atom stereocenters. The highest BCUT2D eigenvalue weighted by molar-refractivity contribution is 5.73. The third kappa shape index (κ3) is 2.23. The minimum atomic E-state index is -0.798. The van der Waals surface area contributed by atoms with Gasteiger partial charge in [-0.2, -0.15) is 0 Å². The molecule has 0 saturated carbocycles. The van der Waals surface area contributed by atoms with E-state index in [2.05, 4.69) is 10.3 Å². The third-order valence-corrected chi connectivity index (χ3v) is 2.84. The Morgan fingerprint density at radius 1 is 1.81 bits per heavy atom. The van der Waals surface area contributed by atoms with Crippen molar-refractivity contribution in [2.45, 2.75) is 19.5 Å². The molecule has 88 valence electrons. The molecule has 2 N–H and O–H groups in total. The van der Waals surface area contributed by atoms with E-state index in [0.29, 0.717) is 19.6 Å². The van der Waals surface area contributed by atoms with Gasteiger partial charge in [0.15, 0.2) is 6.39 Å². The van der Waals surface area contributed by atoms with Crippen molar-refractivity contribution in [2.75, 3.05) is 19.6 Å². The fourth-order valence-corrected chi connectivity index (χ4v) is 1.85. The van der Waals surface area contributed by atoms with E-state index in [1.807, 2.05) is 11.8 Å². The zero-order chi connectivity index (χ0) is 11.5. The summed E-state index contributed by atoms with van der Waals surface area (Å²) >= 11 is 0. The smallest absolute Gasteiger partial charge is 0.322 e. The summed E-state index contributed by atoms with van der Waals surface area (Å²) in [7, 11) is 0. The van der Waals surface area contributed by atoms with Crippen molar-refractivity contribution >= 4 is 5.97 Å². The Morgan fingerprint density at radius 2 is 2.62 bits per heavy atom. The SMILES string of the molecule is Cc1ocnc1CN1CCNCC1C(=O)O. The van der Waals surface area contributed by atoms with E-state index in [1.165, 1.54) is 6.39 Å². The standard InChI is InChI=1S/C10H15N3O3/c1-7-8(12-6-16-7)5-13-3-2-11-4-9(13)10(14)15/h6,9,11H,2-5H2,1H3,(H,14,15). The van der Waals surface area contributed by atoms with Crippen molar-refractivity contribution in [2.24, 2.45) is 0 Å². The molecule has 0 bridgehead atoms. The van der Waals surface area contributed by atoms with Crippen LogP contribution in [0.5, 0.6) is 0 Å². The maximum atomic E-state index is 11.1. The van der Waals surface area contributed by atoms with Gasteiger partial charge >= 0.3 is 5.97 Å². The van der Waals surface area contributed by atoms with Gasteiger partial charge in [-0.15, -0.1) is 0 Å². The number of aromatic nitrogens is 1. The molecule has 2 heterocycles. The maximum Gasteiger partial charge on any atom is 0.322 e. The number of aryl methyl sites for hydroxylation is 1. The number of carboxylic acids is 1. The second-order valence-corrected chi connectivity index (χ2v) is 3.88. The van der Waals surface area contributed by atoms with Crippen LogP contribution in [0.25, 0.3) is 0 Å². The Morgan fingerprint density at radius 3 is 3.25 bits per heavy atom. The number of piperazine rings is 1. The van der Waals surface area contributed by atoms with Crippen molar-refractivity contribution in [3.63, 3.8) is 0 Å². The summed E-state index contributed by atoms with van der Waals surface area (Å²) in [4.78, 5) is 17.0. The average Bonchev–Trinajstić information content (AvgIpc) is 2.65. The molecule has 1 aliphatic heterocycles. The van der Waals surface area contributed by atoms with E-state index in [0.717, 1.165) is 18.0 Å². The molecular weight excluding hydrogens is 210 g/mol. The Hall–Kier alpha value is -1.40. The van der Waals surface area contributed by atoms with Gasteiger partial charge in [-0.3, -0.25) is 9.69 Å². The monoisotopic (exact) mass is 225 g/mol. The first kappa shape index (κ1) is 11.1. The largest absolute Gasteiger partial charge is 0.480 e. The summed E-state index contributed by atoms with van der Waals surface area (Å²) in [5.41, 5.74) is 0.813. The normalized spacial score (nSPS) is 22.2. The Kier molecular flexibility index (Phi) is 3.21. The zero-order valence-electron chi connectivity index (χ0n) is 9.14. The van der Waals surface area contributed by atoms with Crippen molar-refractivity contribution in [3.8, 4) is 0 Å². The van der Waals surface area contributed by atoms with Crippen LogP contribution >= 0.6 is 0 Å². The lowest BCUT2D eigenvalue weighted by molar-refractivity contribution is -0.144. The van der Waals surface area contributed by atoms with E-state index >= 15 is 0 Å². The zero-order valence-corrected chi connectivity index (χ0v) is 9.14. The molecule has 1 aliphatic rings. The van der Waals surface area contributed by atoms with Crippen molar-refractivity contribution in [3.05, 3.63) is 17.8 Å². The van der Waals surface area contributed by atoms with Crippen LogP contribution in [0.3, 0.4) is 0 Å². The van der Waals surface area contributed by atoms with Crippen LogP contribution in [0.4, 0.5) is 0 Å². The first-order chi connectivity index (χ1) is 7.68. The first-order valence-electron chi connectivity index (χ1n) is 5.25. The van der Waals surface area contributed by atoms with Crippen LogP contribution in [0, 0.1) is 6.92 Å². The fraction of sp³-hybridized carbons (Fsp3) is 0.600. The molecule has 6 nitrogen and oxygen atoms in total. The van der Waals surface area contributed by atoms with Crippen LogP contribution in [0.15, 0.2) is 10.8 Å². The number of hydrogen-bond donors (Lipinski definition) is 2. The minimum absolute atomic E-state index is 0.478. The summed E-state index contributed by atoms with van der Waals surface area (Å²) in [6.45, 7) is 4.36. The quantitative estimate of drug-likeness (QED) is 0.744. The van der Waals surface area contributed by atoms with Crippen molar-refractivity contribution < 1.29 is 14.3 Å². The van der Waals surface area contributed by atoms with E-state index in [1.54, 1.807) is 0 Å². The highest BCUT2D eigenvalue weighted by atomic mass is 16.4. The molecule has 1 fully saturated rings. The first-order valence-corrected chi connectivity index (χ1v) is 5.25. The number of aliphatic carboxylic acids is 1. The fourth-order valence-electron chi connectivity index (χ4n) is 1.85. The topological polar surface area (TPSA) is 78.6 Å². The summed E-state index contributed by atoms with van der Waals surface area (Å²) in [5, 5.41) is 12.2. The molecule has 0 aromatic carbocycles. The highest BCUT2D eigenvalue weighted by Crippen LogP contribution is 2.12.